The molecule has 0 saturated heterocycles. The molecule has 1 N–H and O–H groups in total. The highest BCUT2D eigenvalue weighted by Gasteiger charge is 2.10. The van der Waals surface area contributed by atoms with Crippen LogP contribution in [0.25, 0.3) is 0 Å². The second-order valence-corrected chi connectivity index (χ2v) is 3.85. The van der Waals surface area contributed by atoms with Crippen LogP contribution in [-0.4, -0.2) is 11.9 Å². The lowest BCUT2D eigenvalue weighted by Gasteiger charge is -2.14. The van der Waals surface area contributed by atoms with Gasteiger partial charge in [-0.15, -0.1) is 0 Å². The minimum absolute atomic E-state index is 0.112. The highest BCUT2D eigenvalue weighted by Crippen LogP contribution is 2.07. The number of nitrogens with one attached hydrogen (secondary N) is 1. The molecule has 0 unspecified atom stereocenters. The molecule has 1 aromatic carbocycles. The summed E-state index contributed by atoms with van der Waals surface area (Å²) in [4.78, 5) is 11.6. The molecule has 0 fully saturated rings. The molecule has 0 aliphatic heterocycles. The van der Waals surface area contributed by atoms with Gasteiger partial charge in [-0.05, 0) is 24.5 Å². The van der Waals surface area contributed by atoms with Crippen molar-refractivity contribution in [1.29, 1.82) is 0 Å². The van der Waals surface area contributed by atoms with Crippen molar-refractivity contribution < 1.29 is 9.18 Å². The molecule has 0 aliphatic rings. The summed E-state index contributed by atoms with van der Waals surface area (Å²) in [5.74, 6) is -0.430. The summed E-state index contributed by atoms with van der Waals surface area (Å²) in [6, 6.07) is 6.57. The van der Waals surface area contributed by atoms with Crippen LogP contribution in [0.1, 0.15) is 32.3 Å². The molecule has 1 rings (SSSR count). The van der Waals surface area contributed by atoms with E-state index in [0.717, 1.165) is 12.8 Å². The molecule has 88 valence electrons. The Morgan fingerprint density at radius 1 is 1.31 bits per heavy atom. The first kappa shape index (κ1) is 12.7. The first-order chi connectivity index (χ1) is 7.67. The first-order valence-electron chi connectivity index (χ1n) is 5.70. The minimum atomic E-state index is -0.317. The van der Waals surface area contributed by atoms with Gasteiger partial charge in [0.15, 0.2) is 0 Å². The van der Waals surface area contributed by atoms with Crippen molar-refractivity contribution in [1.82, 2.24) is 5.32 Å². The topological polar surface area (TPSA) is 29.1 Å². The number of hydrogen-bond acceptors (Lipinski definition) is 1. The maximum atomic E-state index is 13.3. The van der Waals surface area contributed by atoms with E-state index >= 15 is 0 Å². The molecule has 3 heteroatoms. The van der Waals surface area contributed by atoms with Crippen LogP contribution in [0.15, 0.2) is 24.3 Å². The van der Waals surface area contributed by atoms with Gasteiger partial charge in [-0.3, -0.25) is 4.79 Å². The molecule has 1 amide bonds. The molecular formula is C13H18FNO. The summed E-state index contributed by atoms with van der Waals surface area (Å²) in [5, 5.41) is 2.89. The van der Waals surface area contributed by atoms with Gasteiger partial charge in [-0.25, -0.2) is 4.39 Å². The normalized spacial score (nSPS) is 10.5. The number of rotatable bonds is 5. The third-order valence-electron chi connectivity index (χ3n) is 2.66. The maximum Gasteiger partial charge on any atom is 0.224 e. The van der Waals surface area contributed by atoms with Crippen molar-refractivity contribution in [2.75, 3.05) is 0 Å². The Labute approximate surface area is 95.9 Å². The van der Waals surface area contributed by atoms with Gasteiger partial charge >= 0.3 is 0 Å². The zero-order valence-corrected chi connectivity index (χ0v) is 9.79. The van der Waals surface area contributed by atoms with Crippen LogP contribution in [0.3, 0.4) is 0 Å². The molecule has 16 heavy (non-hydrogen) atoms. The third-order valence-corrected chi connectivity index (χ3v) is 2.66. The average Bonchev–Trinajstić information content (AvgIpc) is 2.29. The summed E-state index contributed by atoms with van der Waals surface area (Å²) >= 11 is 0. The maximum absolute atomic E-state index is 13.3. The molecule has 0 aliphatic carbocycles. The predicted molar refractivity (Wildman–Crippen MR) is 62.6 cm³/mol. The van der Waals surface area contributed by atoms with Crippen molar-refractivity contribution in [3.63, 3.8) is 0 Å². The standard InChI is InChI=1S/C13H18FNO/c1-3-11(4-2)15-13(16)9-10-7-5-6-8-12(10)14/h5-8,11H,3-4,9H2,1-2H3,(H,15,16). The number of halogens is 1. The second kappa shape index (κ2) is 6.26. The number of carbonyl (C=O) groups is 1. The summed E-state index contributed by atoms with van der Waals surface area (Å²) < 4.78 is 13.3. The fourth-order valence-electron chi connectivity index (χ4n) is 1.59. The van der Waals surface area contributed by atoms with E-state index in [1.54, 1.807) is 18.2 Å². The van der Waals surface area contributed by atoms with Gasteiger partial charge in [-0.1, -0.05) is 32.0 Å². The Morgan fingerprint density at radius 3 is 2.50 bits per heavy atom. The van der Waals surface area contributed by atoms with E-state index in [-0.39, 0.29) is 24.2 Å². The van der Waals surface area contributed by atoms with Crippen LogP contribution >= 0.6 is 0 Å². The molecule has 2 nitrogen and oxygen atoms in total. The molecule has 0 aromatic heterocycles. The number of hydrogen-bond donors (Lipinski definition) is 1. The summed E-state index contributed by atoms with van der Waals surface area (Å²) in [6.45, 7) is 4.05. The van der Waals surface area contributed by atoms with E-state index in [2.05, 4.69) is 5.32 Å². The van der Waals surface area contributed by atoms with Gasteiger partial charge in [0.1, 0.15) is 5.82 Å². The SMILES string of the molecule is CCC(CC)NC(=O)Cc1ccccc1F. The minimum Gasteiger partial charge on any atom is -0.353 e. The van der Waals surface area contributed by atoms with Crippen molar-refractivity contribution >= 4 is 5.91 Å². The second-order valence-electron chi connectivity index (χ2n) is 3.85. The van der Waals surface area contributed by atoms with Gasteiger partial charge in [0.2, 0.25) is 5.91 Å². The Balaban J connectivity index is 2.55. The molecule has 0 radical (unpaired) electrons. The average molecular weight is 223 g/mol. The predicted octanol–water partition coefficient (Wildman–Crippen LogP) is 2.67. The third kappa shape index (κ3) is 3.65. The Hall–Kier alpha value is -1.38. The largest absolute Gasteiger partial charge is 0.353 e. The Bertz CT molecular complexity index is 348. The van der Waals surface area contributed by atoms with Crippen LogP contribution in [0.2, 0.25) is 0 Å². The van der Waals surface area contributed by atoms with E-state index in [1.165, 1.54) is 6.07 Å². The monoisotopic (exact) mass is 223 g/mol. The molecule has 0 spiro atoms. The number of benzene rings is 1. The van der Waals surface area contributed by atoms with E-state index in [0.29, 0.717) is 5.56 Å². The first-order valence-corrected chi connectivity index (χ1v) is 5.70. The molecule has 0 bridgehead atoms. The van der Waals surface area contributed by atoms with Crippen molar-refractivity contribution in [3.8, 4) is 0 Å². The van der Waals surface area contributed by atoms with Crippen LogP contribution in [0.4, 0.5) is 4.39 Å². The lowest BCUT2D eigenvalue weighted by molar-refractivity contribution is -0.121. The lowest BCUT2D eigenvalue weighted by Crippen LogP contribution is -2.35. The van der Waals surface area contributed by atoms with E-state index in [9.17, 15) is 9.18 Å². The van der Waals surface area contributed by atoms with Crippen LogP contribution < -0.4 is 5.32 Å². The molecule has 0 heterocycles. The quantitative estimate of drug-likeness (QED) is 0.817. The Morgan fingerprint density at radius 2 is 1.94 bits per heavy atom. The fraction of sp³-hybridized carbons (Fsp3) is 0.462. The van der Waals surface area contributed by atoms with Gasteiger partial charge in [0, 0.05) is 6.04 Å². The molecule has 1 aromatic rings. The van der Waals surface area contributed by atoms with Crippen molar-refractivity contribution in [2.24, 2.45) is 0 Å². The van der Waals surface area contributed by atoms with E-state index in [1.807, 2.05) is 13.8 Å². The Kier molecular flexibility index (Phi) is 4.96. The summed E-state index contributed by atoms with van der Waals surface area (Å²) in [5.41, 5.74) is 0.450. The van der Waals surface area contributed by atoms with Gasteiger partial charge in [-0.2, -0.15) is 0 Å². The van der Waals surface area contributed by atoms with E-state index in [4.69, 9.17) is 0 Å². The lowest BCUT2D eigenvalue weighted by atomic mass is 10.1. The van der Waals surface area contributed by atoms with Crippen molar-refractivity contribution in [3.05, 3.63) is 35.6 Å². The van der Waals surface area contributed by atoms with Crippen LogP contribution in [0.5, 0.6) is 0 Å². The zero-order chi connectivity index (χ0) is 12.0. The highest BCUT2D eigenvalue weighted by molar-refractivity contribution is 5.78. The fourth-order valence-corrected chi connectivity index (χ4v) is 1.59. The summed E-state index contributed by atoms with van der Waals surface area (Å²) in [7, 11) is 0. The van der Waals surface area contributed by atoms with Crippen LogP contribution in [0, 0.1) is 5.82 Å². The van der Waals surface area contributed by atoms with E-state index < -0.39 is 0 Å². The number of amides is 1. The van der Waals surface area contributed by atoms with Gasteiger partial charge in [0.05, 0.1) is 6.42 Å². The highest BCUT2D eigenvalue weighted by atomic mass is 19.1. The summed E-state index contributed by atoms with van der Waals surface area (Å²) in [6.07, 6.45) is 1.92. The molecule has 0 saturated carbocycles. The molecule has 0 atom stereocenters. The zero-order valence-electron chi connectivity index (χ0n) is 9.79. The van der Waals surface area contributed by atoms with Gasteiger partial charge in [0.25, 0.3) is 0 Å². The van der Waals surface area contributed by atoms with Crippen molar-refractivity contribution in [2.45, 2.75) is 39.2 Å². The van der Waals surface area contributed by atoms with Crippen LogP contribution in [-0.2, 0) is 11.2 Å². The smallest absolute Gasteiger partial charge is 0.224 e. The number of carbonyl (C=O) groups excluding carboxylic acids is 1. The molecular weight excluding hydrogens is 205 g/mol. The van der Waals surface area contributed by atoms with Gasteiger partial charge < -0.3 is 5.32 Å².